The summed E-state index contributed by atoms with van der Waals surface area (Å²) < 4.78 is 77.7. The van der Waals surface area contributed by atoms with Gasteiger partial charge in [-0.1, -0.05) is 143 Å². The average molecular weight is 575 g/mol. The normalized spacial score (nSPS) is 14.8. The Morgan fingerprint density at radius 1 is 0.475 bits per heavy atom. The van der Waals surface area contributed by atoms with Crippen LogP contribution in [0.25, 0.3) is 0 Å². The van der Waals surface area contributed by atoms with E-state index in [1.165, 1.54) is 18.6 Å². The average Bonchev–Trinajstić information content (AvgIpc) is 2.64. The zero-order valence-corrected chi connectivity index (χ0v) is 26.8. The van der Waals surface area contributed by atoms with E-state index in [4.69, 9.17) is 0 Å². The summed E-state index contributed by atoms with van der Waals surface area (Å²) in [7, 11) is 0. The monoisotopic (exact) mass is 574 g/mol. The van der Waals surface area contributed by atoms with Gasteiger partial charge < -0.3 is 0 Å². The van der Waals surface area contributed by atoms with Gasteiger partial charge in [0.25, 0.3) is 0 Å². The highest BCUT2D eigenvalue weighted by molar-refractivity contribution is 5.27. The molecular formula is C34H52F6. The van der Waals surface area contributed by atoms with E-state index in [2.05, 4.69) is 41.5 Å². The molecule has 2 unspecified atom stereocenters. The second kappa shape index (κ2) is 13.8. The Balaban J connectivity index is 0.000000595. The van der Waals surface area contributed by atoms with Crippen molar-refractivity contribution in [2.24, 2.45) is 21.7 Å². The Kier molecular flexibility index (Phi) is 13.1. The number of aryl methyl sites for hydroxylation is 1. The quantitative estimate of drug-likeness (QED) is 0.313. The number of alkyl halides is 6. The maximum absolute atomic E-state index is 13.0. The molecule has 0 nitrogen and oxygen atoms in total. The van der Waals surface area contributed by atoms with Gasteiger partial charge in [0.2, 0.25) is 0 Å². The molecule has 0 bridgehead atoms. The minimum atomic E-state index is -4.20. The van der Waals surface area contributed by atoms with Crippen LogP contribution in [-0.2, 0) is 0 Å². The first-order chi connectivity index (χ1) is 17.6. The molecule has 0 aliphatic heterocycles. The molecule has 6 heteroatoms. The largest absolute Gasteiger partial charge is 0.396 e. The molecule has 0 heterocycles. The predicted molar refractivity (Wildman–Crippen MR) is 158 cm³/mol. The van der Waals surface area contributed by atoms with Gasteiger partial charge in [-0.05, 0) is 46.1 Å². The summed E-state index contributed by atoms with van der Waals surface area (Å²) in [6, 6.07) is 14.6. The summed E-state index contributed by atoms with van der Waals surface area (Å²) in [5, 5.41) is 0. The van der Waals surface area contributed by atoms with Gasteiger partial charge in [0.1, 0.15) is 0 Å². The van der Waals surface area contributed by atoms with Gasteiger partial charge in [0.15, 0.2) is 0 Å². The van der Waals surface area contributed by atoms with Crippen LogP contribution in [0.2, 0.25) is 0 Å². The summed E-state index contributed by atoms with van der Waals surface area (Å²) in [6.45, 7) is 25.3. The Labute approximate surface area is 240 Å². The highest BCUT2D eigenvalue weighted by Gasteiger charge is 2.48. The van der Waals surface area contributed by atoms with E-state index in [1.54, 1.807) is 84.0 Å². The van der Waals surface area contributed by atoms with E-state index in [9.17, 15) is 26.3 Å². The van der Waals surface area contributed by atoms with E-state index in [0.29, 0.717) is 22.0 Å². The van der Waals surface area contributed by atoms with Crippen LogP contribution in [0.4, 0.5) is 26.3 Å². The molecule has 0 saturated carbocycles. The van der Waals surface area contributed by atoms with Crippen LogP contribution in [-0.4, -0.2) is 12.4 Å². The van der Waals surface area contributed by atoms with Crippen LogP contribution >= 0.6 is 0 Å². The maximum atomic E-state index is 13.0. The molecule has 2 aromatic rings. The van der Waals surface area contributed by atoms with Crippen molar-refractivity contribution in [1.29, 1.82) is 0 Å². The van der Waals surface area contributed by atoms with Gasteiger partial charge in [0, 0.05) is 0 Å². The molecule has 2 atom stereocenters. The molecule has 0 radical (unpaired) electrons. The summed E-state index contributed by atoms with van der Waals surface area (Å²) in [4.78, 5) is 0. The number of hydrogen-bond donors (Lipinski definition) is 0. The van der Waals surface area contributed by atoms with Gasteiger partial charge >= 0.3 is 12.4 Å². The molecule has 0 amide bonds. The summed E-state index contributed by atoms with van der Waals surface area (Å²) in [5.74, 6) is -2.83. The van der Waals surface area contributed by atoms with Crippen LogP contribution in [0.3, 0.4) is 0 Å². The van der Waals surface area contributed by atoms with Crippen LogP contribution in [0.1, 0.15) is 118 Å². The van der Waals surface area contributed by atoms with Crippen molar-refractivity contribution in [2.75, 3.05) is 0 Å². The fourth-order valence-corrected chi connectivity index (χ4v) is 5.36. The molecule has 0 saturated heterocycles. The van der Waals surface area contributed by atoms with Crippen molar-refractivity contribution in [1.82, 2.24) is 0 Å². The second-order valence-electron chi connectivity index (χ2n) is 15.3. The first-order valence-electron chi connectivity index (χ1n) is 13.8. The lowest BCUT2D eigenvalue weighted by Gasteiger charge is -2.32. The van der Waals surface area contributed by atoms with E-state index in [-0.39, 0.29) is 0 Å². The number of halogens is 6. The Morgan fingerprint density at radius 2 is 0.775 bits per heavy atom. The van der Waals surface area contributed by atoms with Crippen LogP contribution in [0, 0.1) is 28.6 Å². The molecule has 0 aromatic heterocycles. The van der Waals surface area contributed by atoms with Gasteiger partial charge in [-0.25, -0.2) is 0 Å². The number of benzene rings is 2. The lowest BCUT2D eigenvalue weighted by Crippen LogP contribution is -2.32. The van der Waals surface area contributed by atoms with Gasteiger partial charge in [-0.15, -0.1) is 0 Å². The predicted octanol–water partition coefficient (Wildman–Crippen LogP) is 12.5. The Bertz CT molecular complexity index is 931. The van der Waals surface area contributed by atoms with E-state index >= 15 is 0 Å². The highest BCUT2D eigenvalue weighted by Crippen LogP contribution is 2.47. The standard InChI is InChI=1S/C13H17F3.C12H15F3.C9H20/c1-9-5-7-10(8-6-9)11(12(2,3)4)13(14,15)16;1-11(2,3)10(12(13,14)15)9-7-5-4-6-8-9;1-8(2,3)7-9(4,5)6/h5-8,11H,1-4H3;4-8,10H,1-3H3;7H2,1-6H3. The second-order valence-corrected chi connectivity index (χ2v) is 15.3. The molecular weight excluding hydrogens is 522 g/mol. The minimum absolute atomic E-state index is 0.331. The van der Waals surface area contributed by atoms with Crippen molar-refractivity contribution in [2.45, 2.75) is 121 Å². The van der Waals surface area contributed by atoms with Crippen molar-refractivity contribution < 1.29 is 26.3 Å². The lowest BCUT2D eigenvalue weighted by atomic mass is 9.76. The van der Waals surface area contributed by atoms with Crippen molar-refractivity contribution >= 4 is 0 Å². The molecule has 0 fully saturated rings. The molecule has 0 aliphatic carbocycles. The fourth-order valence-electron chi connectivity index (χ4n) is 5.36. The molecule has 0 spiro atoms. The van der Waals surface area contributed by atoms with Crippen molar-refractivity contribution in [3.8, 4) is 0 Å². The zero-order chi connectivity index (χ0) is 32.0. The Hall–Kier alpha value is -1.98. The number of hydrogen-bond acceptors (Lipinski definition) is 0. The summed E-state index contributed by atoms with van der Waals surface area (Å²) >= 11 is 0. The third kappa shape index (κ3) is 15.1. The van der Waals surface area contributed by atoms with Crippen molar-refractivity contribution in [3.63, 3.8) is 0 Å². The fraction of sp³-hybridized carbons (Fsp3) is 0.647. The van der Waals surface area contributed by atoms with E-state index < -0.39 is 35.0 Å². The first-order valence-corrected chi connectivity index (χ1v) is 13.8. The topological polar surface area (TPSA) is 0 Å². The molecule has 230 valence electrons. The summed E-state index contributed by atoms with van der Waals surface area (Å²) in [5.41, 5.74) is 0.963. The third-order valence-electron chi connectivity index (χ3n) is 5.99. The van der Waals surface area contributed by atoms with Crippen LogP contribution in [0.5, 0.6) is 0 Å². The van der Waals surface area contributed by atoms with Gasteiger partial charge in [-0.2, -0.15) is 26.3 Å². The molecule has 40 heavy (non-hydrogen) atoms. The van der Waals surface area contributed by atoms with E-state index in [0.717, 1.165) is 5.56 Å². The molecule has 0 N–H and O–H groups in total. The van der Waals surface area contributed by atoms with E-state index in [1.807, 2.05) is 6.92 Å². The Morgan fingerprint density at radius 3 is 1.00 bits per heavy atom. The lowest BCUT2D eigenvalue weighted by molar-refractivity contribution is -0.172. The first kappa shape index (κ1) is 38.0. The summed E-state index contributed by atoms with van der Waals surface area (Å²) in [6.07, 6.45) is -7.10. The maximum Gasteiger partial charge on any atom is 0.396 e. The molecule has 0 aliphatic rings. The highest BCUT2D eigenvalue weighted by atomic mass is 19.4. The van der Waals surface area contributed by atoms with Gasteiger partial charge in [-0.3, -0.25) is 0 Å². The van der Waals surface area contributed by atoms with Gasteiger partial charge in [0.05, 0.1) is 11.8 Å². The van der Waals surface area contributed by atoms with Crippen molar-refractivity contribution in [3.05, 3.63) is 71.3 Å². The smallest absolute Gasteiger partial charge is 0.170 e. The number of rotatable bonds is 2. The van der Waals surface area contributed by atoms with Crippen LogP contribution < -0.4 is 0 Å². The minimum Gasteiger partial charge on any atom is -0.170 e. The zero-order valence-electron chi connectivity index (χ0n) is 26.8. The third-order valence-corrected chi connectivity index (χ3v) is 5.99. The SMILES string of the molecule is CC(C)(C)C(c1ccccc1)C(F)(F)F.CC(C)(C)CC(C)(C)C.Cc1ccc(C(C(C)(C)C)C(F)(F)F)cc1. The molecule has 2 aromatic carbocycles. The van der Waals surface area contributed by atoms with Crippen LogP contribution in [0.15, 0.2) is 54.6 Å². The molecule has 2 rings (SSSR count).